The van der Waals surface area contributed by atoms with Crippen LogP contribution in [0.3, 0.4) is 0 Å². The number of pyridine rings is 1. The minimum absolute atomic E-state index is 0.138. The maximum Gasteiger partial charge on any atom is 0.254 e. The van der Waals surface area contributed by atoms with E-state index in [-0.39, 0.29) is 10.8 Å². The summed E-state index contributed by atoms with van der Waals surface area (Å²) in [4.78, 5) is 19.8. The molecule has 0 bridgehead atoms. The monoisotopic (exact) mass is 479 g/mol. The molecule has 0 aliphatic carbocycles. The van der Waals surface area contributed by atoms with Crippen LogP contribution in [0, 0.1) is 6.92 Å². The first kappa shape index (κ1) is 25.6. The first-order valence-corrected chi connectivity index (χ1v) is 13.1. The number of hydrogen-bond acceptors (Lipinski definition) is 4. The Labute approximate surface area is 203 Å². The molecule has 0 aliphatic heterocycles. The van der Waals surface area contributed by atoms with Gasteiger partial charge in [-0.15, -0.1) is 0 Å². The number of hydrogen-bond donors (Lipinski definition) is 0. The predicted octanol–water partition coefficient (Wildman–Crippen LogP) is 4.83. The van der Waals surface area contributed by atoms with E-state index in [1.807, 2.05) is 31.2 Å². The third kappa shape index (κ3) is 5.90. The first-order chi connectivity index (χ1) is 16.3. The van der Waals surface area contributed by atoms with E-state index in [1.54, 1.807) is 43.3 Å². The van der Waals surface area contributed by atoms with Gasteiger partial charge in [-0.3, -0.25) is 9.78 Å². The minimum Gasteiger partial charge on any atom is -0.330 e. The van der Waals surface area contributed by atoms with Crippen LogP contribution in [0.4, 0.5) is 0 Å². The molecule has 3 aromatic rings. The molecule has 0 atom stereocenters. The molecule has 0 spiro atoms. The van der Waals surface area contributed by atoms with Gasteiger partial charge in [-0.25, -0.2) is 8.42 Å². The number of carbonyl (C=O) groups is 1. The Morgan fingerprint density at radius 2 is 1.53 bits per heavy atom. The predicted molar refractivity (Wildman–Crippen MR) is 135 cm³/mol. The fraction of sp³-hybridized carbons (Fsp3) is 0.333. The summed E-state index contributed by atoms with van der Waals surface area (Å²) in [5.41, 5.74) is 4.28. The van der Waals surface area contributed by atoms with Gasteiger partial charge in [-0.1, -0.05) is 57.2 Å². The Balaban J connectivity index is 1.99. The Morgan fingerprint density at radius 1 is 0.882 bits per heavy atom. The molecule has 0 saturated heterocycles. The molecule has 0 aliphatic rings. The van der Waals surface area contributed by atoms with Crippen molar-refractivity contribution in [3.63, 3.8) is 0 Å². The number of benzene rings is 2. The number of nitrogens with zero attached hydrogens (tertiary/aromatic N) is 3. The van der Waals surface area contributed by atoms with Gasteiger partial charge in [-0.05, 0) is 53.8 Å². The maximum atomic E-state index is 13.8. The molecule has 0 fully saturated rings. The molecule has 1 aromatic heterocycles. The van der Waals surface area contributed by atoms with Crippen LogP contribution in [0.2, 0.25) is 0 Å². The summed E-state index contributed by atoms with van der Waals surface area (Å²) in [6, 6.07) is 16.8. The summed E-state index contributed by atoms with van der Waals surface area (Å²) >= 11 is 0. The Bertz CT molecular complexity index is 1210. The number of aryl methyl sites for hydroxylation is 2. The highest BCUT2D eigenvalue weighted by molar-refractivity contribution is 7.89. The van der Waals surface area contributed by atoms with Crippen LogP contribution in [0.15, 0.2) is 71.9 Å². The second kappa shape index (κ2) is 11.4. The van der Waals surface area contributed by atoms with Crippen LogP contribution in [0.5, 0.6) is 0 Å². The zero-order valence-corrected chi connectivity index (χ0v) is 21.2. The van der Waals surface area contributed by atoms with E-state index in [0.717, 1.165) is 23.1 Å². The van der Waals surface area contributed by atoms with E-state index >= 15 is 0 Å². The molecule has 0 N–H and O–H groups in total. The van der Waals surface area contributed by atoms with E-state index in [2.05, 4.69) is 24.0 Å². The average Bonchev–Trinajstić information content (AvgIpc) is 2.85. The number of aromatic nitrogens is 1. The van der Waals surface area contributed by atoms with Crippen LogP contribution in [-0.2, 0) is 29.5 Å². The van der Waals surface area contributed by atoms with E-state index < -0.39 is 10.0 Å². The highest BCUT2D eigenvalue weighted by atomic mass is 32.2. The largest absolute Gasteiger partial charge is 0.330 e. The number of amides is 1. The lowest BCUT2D eigenvalue weighted by Gasteiger charge is -2.25. The topological polar surface area (TPSA) is 70.6 Å². The molecule has 1 heterocycles. The summed E-state index contributed by atoms with van der Waals surface area (Å²) in [6.07, 6.45) is 4.39. The second-order valence-corrected chi connectivity index (χ2v) is 10.2. The number of rotatable bonds is 10. The molecule has 7 heteroatoms. The van der Waals surface area contributed by atoms with Crippen molar-refractivity contribution in [1.29, 1.82) is 0 Å². The van der Waals surface area contributed by atoms with E-state index in [1.165, 1.54) is 15.9 Å². The molecule has 1 amide bonds. The van der Waals surface area contributed by atoms with Crippen LogP contribution in [0.25, 0.3) is 0 Å². The summed E-state index contributed by atoms with van der Waals surface area (Å²) in [5.74, 6) is -0.211. The standard InChI is InChI=1S/C27H33N3O3S/c1-5-22-11-13-23(14-12-22)19-29(20-24-9-8-16-28-18-24)27(31)26-17-25(15-10-21(26)4)34(32,33)30(6-2)7-3/h8-18H,5-7,19-20H2,1-4H3. The maximum absolute atomic E-state index is 13.8. The van der Waals surface area contributed by atoms with Crippen molar-refractivity contribution in [2.75, 3.05) is 13.1 Å². The molecule has 0 saturated carbocycles. The smallest absolute Gasteiger partial charge is 0.254 e. The van der Waals surface area contributed by atoms with Gasteiger partial charge in [0, 0.05) is 44.1 Å². The van der Waals surface area contributed by atoms with Crippen molar-refractivity contribution < 1.29 is 13.2 Å². The normalized spacial score (nSPS) is 11.6. The zero-order valence-electron chi connectivity index (χ0n) is 20.4. The third-order valence-corrected chi connectivity index (χ3v) is 8.02. The van der Waals surface area contributed by atoms with Gasteiger partial charge >= 0.3 is 0 Å². The highest BCUT2D eigenvalue weighted by Gasteiger charge is 2.25. The van der Waals surface area contributed by atoms with Crippen molar-refractivity contribution in [3.8, 4) is 0 Å². The number of carbonyl (C=O) groups excluding carboxylic acids is 1. The van der Waals surface area contributed by atoms with Crippen LogP contribution >= 0.6 is 0 Å². The molecule has 3 rings (SSSR count). The van der Waals surface area contributed by atoms with Crippen LogP contribution in [-0.4, -0.2) is 41.6 Å². The fourth-order valence-electron chi connectivity index (χ4n) is 3.89. The minimum atomic E-state index is -3.67. The Kier molecular flexibility index (Phi) is 8.58. The lowest BCUT2D eigenvalue weighted by molar-refractivity contribution is 0.0729. The second-order valence-electron chi connectivity index (χ2n) is 8.26. The molecule has 180 valence electrons. The van der Waals surface area contributed by atoms with Crippen molar-refractivity contribution >= 4 is 15.9 Å². The lowest BCUT2D eigenvalue weighted by Crippen LogP contribution is -2.32. The van der Waals surface area contributed by atoms with Gasteiger partial charge in [0.2, 0.25) is 10.0 Å². The van der Waals surface area contributed by atoms with Gasteiger partial charge in [0.1, 0.15) is 0 Å². The molecular weight excluding hydrogens is 446 g/mol. The Morgan fingerprint density at radius 3 is 2.12 bits per heavy atom. The first-order valence-electron chi connectivity index (χ1n) is 11.7. The van der Waals surface area contributed by atoms with Gasteiger partial charge in [0.05, 0.1) is 4.90 Å². The zero-order chi connectivity index (χ0) is 24.7. The summed E-state index contributed by atoms with van der Waals surface area (Å²) in [6.45, 7) is 9.07. The highest BCUT2D eigenvalue weighted by Crippen LogP contribution is 2.22. The molecule has 2 aromatic carbocycles. The fourth-order valence-corrected chi connectivity index (χ4v) is 5.37. The molecular formula is C27H33N3O3S. The molecule has 6 nitrogen and oxygen atoms in total. The van der Waals surface area contributed by atoms with Crippen molar-refractivity contribution in [2.24, 2.45) is 0 Å². The quantitative estimate of drug-likeness (QED) is 0.418. The van der Waals surface area contributed by atoms with E-state index in [0.29, 0.717) is 31.7 Å². The lowest BCUT2D eigenvalue weighted by atomic mass is 10.1. The summed E-state index contributed by atoms with van der Waals surface area (Å²) in [7, 11) is -3.67. The SMILES string of the molecule is CCc1ccc(CN(Cc2cccnc2)C(=O)c2cc(S(=O)(=O)N(CC)CC)ccc2C)cc1. The van der Waals surface area contributed by atoms with Gasteiger partial charge in [0.15, 0.2) is 0 Å². The Hall–Kier alpha value is -3.03. The summed E-state index contributed by atoms with van der Waals surface area (Å²) < 4.78 is 27.6. The van der Waals surface area contributed by atoms with Crippen molar-refractivity contribution in [3.05, 3.63) is 94.8 Å². The molecule has 34 heavy (non-hydrogen) atoms. The van der Waals surface area contributed by atoms with Crippen molar-refractivity contribution in [2.45, 2.75) is 52.1 Å². The molecule has 0 radical (unpaired) electrons. The van der Waals surface area contributed by atoms with Gasteiger partial charge in [-0.2, -0.15) is 4.31 Å². The van der Waals surface area contributed by atoms with Gasteiger partial charge in [0.25, 0.3) is 5.91 Å². The number of sulfonamides is 1. The van der Waals surface area contributed by atoms with E-state index in [9.17, 15) is 13.2 Å². The molecule has 0 unspecified atom stereocenters. The summed E-state index contributed by atoms with van der Waals surface area (Å²) in [5, 5.41) is 0. The third-order valence-electron chi connectivity index (χ3n) is 5.97. The van der Waals surface area contributed by atoms with Crippen LogP contribution in [0.1, 0.15) is 53.4 Å². The van der Waals surface area contributed by atoms with E-state index in [4.69, 9.17) is 0 Å². The average molecular weight is 480 g/mol. The van der Waals surface area contributed by atoms with Crippen LogP contribution < -0.4 is 0 Å². The van der Waals surface area contributed by atoms with Gasteiger partial charge < -0.3 is 4.90 Å². The van der Waals surface area contributed by atoms with Crippen molar-refractivity contribution in [1.82, 2.24) is 14.2 Å².